The molecule has 0 aromatic rings. The van der Waals surface area contributed by atoms with Gasteiger partial charge in [-0.25, -0.2) is 0 Å². The summed E-state index contributed by atoms with van der Waals surface area (Å²) in [7, 11) is -3.25. The molecule has 0 aromatic carbocycles. The maximum absolute atomic E-state index is 11.4. The lowest BCUT2D eigenvalue weighted by Gasteiger charge is -2.50. The summed E-state index contributed by atoms with van der Waals surface area (Å²) in [5.41, 5.74) is 0. The highest BCUT2D eigenvalue weighted by Gasteiger charge is 2.52. The summed E-state index contributed by atoms with van der Waals surface area (Å²) in [6.07, 6.45) is 3.53. The van der Waals surface area contributed by atoms with Crippen LogP contribution in [0.1, 0.15) is 51.4 Å². The van der Waals surface area contributed by atoms with E-state index in [1.165, 1.54) is 14.2 Å². The van der Waals surface area contributed by atoms with E-state index in [0.717, 1.165) is 38.5 Å². The molecule has 13 heteroatoms. The fourth-order valence-corrected chi connectivity index (χ4v) is 7.82. The molecule has 0 N–H and O–H groups in total. The van der Waals surface area contributed by atoms with Crippen LogP contribution >= 0.6 is 0 Å². The first-order valence-corrected chi connectivity index (χ1v) is 25.7. The maximum Gasteiger partial charge on any atom is 0.305 e. The Morgan fingerprint density at radius 3 is 1.52 bits per heavy atom. The van der Waals surface area contributed by atoms with Gasteiger partial charge in [-0.15, -0.1) is 0 Å². The number of methoxy groups -OCH3 is 2. The second kappa shape index (κ2) is 19.0. The van der Waals surface area contributed by atoms with Gasteiger partial charge >= 0.3 is 11.9 Å². The number of carbonyl (C=O) groups excluding carboxylic acids is 2. The third kappa shape index (κ3) is 17.6. The van der Waals surface area contributed by atoms with E-state index in [2.05, 4.69) is 58.9 Å². The summed E-state index contributed by atoms with van der Waals surface area (Å²) in [5.74, 6) is -0.378. The Balaban J connectivity index is 3.08. The Morgan fingerprint density at radius 1 is 0.595 bits per heavy atom. The third-order valence-electron chi connectivity index (χ3n) is 6.27. The second-order valence-electron chi connectivity index (χ2n) is 13.8. The topological polar surface area (TPSA) is 108 Å². The zero-order chi connectivity index (χ0) is 32.0. The second-order valence-corrected chi connectivity index (χ2v) is 27.2. The molecule has 1 aliphatic rings. The largest absolute Gasteiger partial charge is 0.469 e. The van der Waals surface area contributed by atoms with Crippen molar-refractivity contribution in [1.29, 1.82) is 0 Å². The molecule has 0 aromatic heterocycles. The van der Waals surface area contributed by atoms with E-state index in [1.54, 1.807) is 0 Å². The highest BCUT2D eigenvalue weighted by Crippen LogP contribution is 2.34. The molecule has 248 valence electrons. The Hall–Kier alpha value is -0.649. The summed E-state index contributed by atoms with van der Waals surface area (Å²) in [5, 5.41) is 0. The van der Waals surface area contributed by atoms with Crippen LogP contribution in [0.15, 0.2) is 0 Å². The predicted molar refractivity (Wildman–Crippen MR) is 171 cm³/mol. The SMILES string of the molecule is COC(=O)CCCCCOC[C@H]1O[C@H](OCCCCCC(=O)OC)[C@@H](O[Si](C)(C)C)[C@@H](O[Si](C)(C)C)[C@@H]1O[Si](C)(C)C. The van der Waals surface area contributed by atoms with Crippen LogP contribution in [0.3, 0.4) is 0 Å². The van der Waals surface area contributed by atoms with Gasteiger partial charge in [0.2, 0.25) is 0 Å². The van der Waals surface area contributed by atoms with Crippen molar-refractivity contribution in [3.05, 3.63) is 0 Å². The quantitative estimate of drug-likeness (QED) is 0.0849. The fourth-order valence-electron chi connectivity index (χ4n) is 4.57. The van der Waals surface area contributed by atoms with E-state index in [4.69, 9.17) is 37.0 Å². The molecular weight excluding hydrogens is 593 g/mol. The molecule has 1 heterocycles. The van der Waals surface area contributed by atoms with Gasteiger partial charge in [0.25, 0.3) is 0 Å². The van der Waals surface area contributed by atoms with E-state index in [-0.39, 0.29) is 30.3 Å². The molecule has 1 rings (SSSR count). The minimum absolute atomic E-state index is 0.184. The van der Waals surface area contributed by atoms with Gasteiger partial charge < -0.3 is 37.0 Å². The predicted octanol–water partition coefficient (Wildman–Crippen LogP) is 5.87. The van der Waals surface area contributed by atoms with Gasteiger partial charge in [-0.1, -0.05) is 12.8 Å². The molecular formula is C29H60O10Si3. The standard InChI is InChI=1S/C29H60O10Si3/c1-32-24(30)18-14-12-16-20-34-22-23-26(37-40(3,4)5)27(38-41(6,7)8)28(39-42(9,10)11)29(36-23)35-21-17-13-15-19-25(31)33-2/h23,26-29H,12-22H2,1-11H3/t23-,26-,27+,28+,29+/m1/s1. The molecule has 0 saturated carbocycles. The van der Waals surface area contributed by atoms with Crippen LogP contribution in [0.4, 0.5) is 0 Å². The summed E-state index contributed by atoms with van der Waals surface area (Å²) >= 11 is 0. The van der Waals surface area contributed by atoms with Gasteiger partial charge in [0.15, 0.2) is 31.2 Å². The maximum atomic E-state index is 11.4. The molecule has 0 amide bonds. The molecule has 0 spiro atoms. The van der Waals surface area contributed by atoms with Crippen LogP contribution in [-0.4, -0.2) is 102 Å². The summed E-state index contributed by atoms with van der Waals surface area (Å²) in [6, 6.07) is 0. The van der Waals surface area contributed by atoms with Crippen LogP contribution in [0, 0.1) is 0 Å². The first kappa shape index (κ1) is 39.4. The van der Waals surface area contributed by atoms with Crippen molar-refractivity contribution in [2.24, 2.45) is 0 Å². The number of carbonyl (C=O) groups is 2. The van der Waals surface area contributed by atoms with Crippen LogP contribution in [0.25, 0.3) is 0 Å². The van der Waals surface area contributed by atoms with Crippen molar-refractivity contribution >= 4 is 36.9 Å². The first-order chi connectivity index (χ1) is 19.5. The van der Waals surface area contributed by atoms with Crippen molar-refractivity contribution in [3.8, 4) is 0 Å². The normalized spacial score (nSPS) is 23.5. The molecule has 0 bridgehead atoms. The monoisotopic (exact) mass is 652 g/mol. The van der Waals surface area contributed by atoms with Crippen LogP contribution in [-0.2, 0) is 46.6 Å². The van der Waals surface area contributed by atoms with Gasteiger partial charge in [-0.2, -0.15) is 0 Å². The third-order valence-corrected chi connectivity index (χ3v) is 9.21. The molecule has 1 aliphatic heterocycles. The molecule has 1 fully saturated rings. The Labute approximate surface area is 258 Å². The Bertz CT molecular complexity index is 779. The van der Waals surface area contributed by atoms with Crippen molar-refractivity contribution < 1.29 is 46.6 Å². The average molecular weight is 653 g/mol. The summed E-state index contributed by atoms with van der Waals surface area (Å²) in [6.45, 7) is 20.9. The molecule has 0 aliphatic carbocycles. The Morgan fingerprint density at radius 2 is 1.05 bits per heavy atom. The molecule has 10 nitrogen and oxygen atoms in total. The lowest BCUT2D eigenvalue weighted by Crippen LogP contribution is -2.66. The van der Waals surface area contributed by atoms with Crippen molar-refractivity contribution in [2.45, 2.75) is 141 Å². The summed E-state index contributed by atoms with van der Waals surface area (Å²) < 4.78 is 49.0. The number of unbranched alkanes of at least 4 members (excludes halogenated alkanes) is 4. The molecule has 0 radical (unpaired) electrons. The number of hydrogen-bond acceptors (Lipinski definition) is 10. The zero-order valence-corrected chi connectivity index (χ0v) is 31.2. The molecule has 5 atom stereocenters. The van der Waals surface area contributed by atoms with Crippen LogP contribution in [0.2, 0.25) is 58.9 Å². The van der Waals surface area contributed by atoms with E-state index in [0.29, 0.717) is 32.7 Å². The van der Waals surface area contributed by atoms with Crippen molar-refractivity contribution in [1.82, 2.24) is 0 Å². The van der Waals surface area contributed by atoms with E-state index in [9.17, 15) is 9.59 Å². The lowest BCUT2D eigenvalue weighted by molar-refractivity contribution is -0.293. The minimum Gasteiger partial charge on any atom is -0.469 e. The first-order valence-electron chi connectivity index (χ1n) is 15.5. The van der Waals surface area contributed by atoms with Gasteiger partial charge in [-0.05, 0) is 84.6 Å². The highest BCUT2D eigenvalue weighted by molar-refractivity contribution is 6.70. The average Bonchev–Trinajstić information content (AvgIpc) is 2.86. The number of ether oxygens (including phenoxy) is 5. The van der Waals surface area contributed by atoms with E-state index < -0.39 is 37.3 Å². The zero-order valence-electron chi connectivity index (χ0n) is 28.2. The molecule has 0 unspecified atom stereocenters. The minimum atomic E-state index is -2.03. The molecule has 1 saturated heterocycles. The van der Waals surface area contributed by atoms with Gasteiger partial charge in [0.05, 0.1) is 20.8 Å². The number of rotatable bonds is 21. The Kier molecular flexibility index (Phi) is 17.8. The lowest BCUT2D eigenvalue weighted by atomic mass is 9.99. The van der Waals surface area contributed by atoms with Gasteiger partial charge in [0, 0.05) is 26.1 Å². The van der Waals surface area contributed by atoms with E-state index in [1.807, 2.05) is 0 Å². The van der Waals surface area contributed by atoms with Crippen molar-refractivity contribution in [2.75, 3.05) is 34.0 Å². The van der Waals surface area contributed by atoms with Gasteiger partial charge in [0.1, 0.15) is 24.4 Å². The highest BCUT2D eigenvalue weighted by atomic mass is 28.4. The summed E-state index contributed by atoms with van der Waals surface area (Å²) in [4.78, 5) is 22.8. The van der Waals surface area contributed by atoms with Gasteiger partial charge in [-0.3, -0.25) is 9.59 Å². The van der Waals surface area contributed by atoms with Crippen LogP contribution in [0.5, 0.6) is 0 Å². The molecule has 42 heavy (non-hydrogen) atoms. The number of hydrogen-bond donors (Lipinski definition) is 0. The van der Waals surface area contributed by atoms with Crippen LogP contribution < -0.4 is 0 Å². The smallest absolute Gasteiger partial charge is 0.305 e. The van der Waals surface area contributed by atoms with E-state index >= 15 is 0 Å². The fraction of sp³-hybridized carbons (Fsp3) is 0.931. The van der Waals surface area contributed by atoms with Crippen molar-refractivity contribution in [3.63, 3.8) is 0 Å². The number of esters is 2.